The number of anilines is 1. The highest BCUT2D eigenvalue weighted by atomic mass is 32.2. The van der Waals surface area contributed by atoms with Crippen LogP contribution in [0.4, 0.5) is 14.9 Å². The van der Waals surface area contributed by atoms with E-state index >= 15 is 0 Å². The van der Waals surface area contributed by atoms with Crippen LogP contribution >= 0.6 is 0 Å². The van der Waals surface area contributed by atoms with E-state index in [4.69, 9.17) is 4.74 Å². The van der Waals surface area contributed by atoms with E-state index in [1.165, 1.54) is 30.3 Å². The molecule has 0 aromatic heterocycles. The molecule has 0 bridgehead atoms. The van der Waals surface area contributed by atoms with Crippen LogP contribution in [-0.4, -0.2) is 39.1 Å². The molecule has 3 N–H and O–H groups in total. The van der Waals surface area contributed by atoms with Crippen LogP contribution in [0.5, 0.6) is 0 Å². The molecule has 1 aliphatic carbocycles. The van der Waals surface area contributed by atoms with Crippen molar-refractivity contribution in [2.75, 3.05) is 18.4 Å². The first kappa shape index (κ1) is 24.7. The molecule has 178 valence electrons. The zero-order valence-electron chi connectivity index (χ0n) is 18.7. The Bertz CT molecular complexity index is 1110. The fourth-order valence-electron chi connectivity index (χ4n) is 3.29. The highest BCUT2D eigenvalue weighted by molar-refractivity contribution is 7.89. The first-order chi connectivity index (χ1) is 15.4. The van der Waals surface area contributed by atoms with Crippen molar-refractivity contribution >= 4 is 27.7 Å². The van der Waals surface area contributed by atoms with Gasteiger partial charge in [-0.05, 0) is 69.0 Å². The van der Waals surface area contributed by atoms with Crippen LogP contribution in [0.15, 0.2) is 53.4 Å². The minimum Gasteiger partial charge on any atom is -0.444 e. The van der Waals surface area contributed by atoms with E-state index < -0.39 is 21.7 Å². The van der Waals surface area contributed by atoms with Crippen LogP contribution in [0.3, 0.4) is 0 Å². The number of hydrogen-bond donors (Lipinski definition) is 3. The summed E-state index contributed by atoms with van der Waals surface area (Å²) in [6, 6.07) is 12.0. The number of alkyl carbamates (subject to hydrolysis) is 1. The number of halogens is 1. The van der Waals surface area contributed by atoms with Crippen LogP contribution in [-0.2, 0) is 19.6 Å². The van der Waals surface area contributed by atoms with Gasteiger partial charge in [-0.15, -0.1) is 0 Å². The molecule has 0 radical (unpaired) electrons. The first-order valence-electron chi connectivity index (χ1n) is 10.6. The molecular formula is C23H28FN3O5S. The predicted octanol–water partition coefficient (Wildman–Crippen LogP) is 3.37. The standard InChI is InChI=1S/C23H28FN3O5S/c1-23(2,3)32-22(29)25-11-12-26-33(30,31)18-6-4-5-17(13-18)27-21(28)20-14-19(20)15-7-9-16(24)10-8-15/h4-10,13,19-20,26H,11-12,14H2,1-3H3,(H,25,29)(H,27,28). The van der Waals surface area contributed by atoms with Gasteiger partial charge in [-0.1, -0.05) is 18.2 Å². The molecule has 2 amide bonds. The van der Waals surface area contributed by atoms with Crippen LogP contribution in [0.25, 0.3) is 0 Å². The van der Waals surface area contributed by atoms with E-state index in [9.17, 15) is 22.4 Å². The number of nitrogens with one attached hydrogen (secondary N) is 3. The summed E-state index contributed by atoms with van der Waals surface area (Å²) in [5.41, 5.74) is 0.616. The lowest BCUT2D eigenvalue weighted by atomic mass is 10.1. The number of sulfonamides is 1. The summed E-state index contributed by atoms with van der Waals surface area (Å²) in [7, 11) is -3.84. The summed E-state index contributed by atoms with van der Waals surface area (Å²) in [5, 5.41) is 5.23. The number of carbonyl (C=O) groups excluding carboxylic acids is 2. The largest absolute Gasteiger partial charge is 0.444 e. The second-order valence-electron chi connectivity index (χ2n) is 8.84. The summed E-state index contributed by atoms with van der Waals surface area (Å²) in [6.45, 7) is 5.21. The Morgan fingerprint density at radius 1 is 1.09 bits per heavy atom. The third kappa shape index (κ3) is 7.26. The van der Waals surface area contributed by atoms with Crippen molar-refractivity contribution < 1.29 is 27.1 Å². The maximum absolute atomic E-state index is 13.1. The fourth-order valence-corrected chi connectivity index (χ4v) is 4.36. The van der Waals surface area contributed by atoms with E-state index in [0.717, 1.165) is 5.56 Å². The van der Waals surface area contributed by atoms with E-state index in [2.05, 4.69) is 15.4 Å². The van der Waals surface area contributed by atoms with Gasteiger partial charge >= 0.3 is 6.09 Å². The summed E-state index contributed by atoms with van der Waals surface area (Å²) in [5.74, 6) is -0.759. The van der Waals surface area contributed by atoms with E-state index in [-0.39, 0.29) is 41.5 Å². The molecule has 0 spiro atoms. The van der Waals surface area contributed by atoms with Gasteiger partial charge in [0.15, 0.2) is 0 Å². The summed E-state index contributed by atoms with van der Waals surface area (Å²) < 4.78 is 45.7. The Morgan fingerprint density at radius 2 is 1.79 bits per heavy atom. The minimum atomic E-state index is -3.84. The fraction of sp³-hybridized carbons (Fsp3) is 0.391. The molecule has 2 atom stereocenters. The van der Waals surface area contributed by atoms with Crippen molar-refractivity contribution in [3.63, 3.8) is 0 Å². The summed E-state index contributed by atoms with van der Waals surface area (Å²) in [4.78, 5) is 24.2. The third-order valence-corrected chi connectivity index (χ3v) is 6.38. The lowest BCUT2D eigenvalue weighted by molar-refractivity contribution is -0.117. The van der Waals surface area contributed by atoms with Crippen LogP contribution < -0.4 is 15.4 Å². The quantitative estimate of drug-likeness (QED) is 0.505. The number of amides is 2. The SMILES string of the molecule is CC(C)(C)OC(=O)NCCNS(=O)(=O)c1cccc(NC(=O)C2CC2c2ccc(F)cc2)c1. The molecule has 10 heteroatoms. The number of ether oxygens (including phenoxy) is 1. The zero-order valence-corrected chi connectivity index (χ0v) is 19.5. The molecule has 2 aromatic carbocycles. The first-order valence-corrected chi connectivity index (χ1v) is 12.1. The highest BCUT2D eigenvalue weighted by Gasteiger charge is 2.43. The maximum Gasteiger partial charge on any atom is 0.407 e. The molecule has 33 heavy (non-hydrogen) atoms. The molecule has 0 aliphatic heterocycles. The smallest absolute Gasteiger partial charge is 0.407 e. The molecule has 1 aliphatic rings. The zero-order chi connectivity index (χ0) is 24.2. The molecule has 1 saturated carbocycles. The Labute approximate surface area is 193 Å². The van der Waals surface area contributed by atoms with E-state index in [1.54, 1.807) is 39.0 Å². The second kappa shape index (κ2) is 9.88. The van der Waals surface area contributed by atoms with E-state index in [1.807, 2.05) is 0 Å². The third-order valence-electron chi connectivity index (χ3n) is 4.92. The van der Waals surface area contributed by atoms with Gasteiger partial charge < -0.3 is 15.4 Å². The molecule has 0 heterocycles. The second-order valence-corrected chi connectivity index (χ2v) is 10.6. The van der Waals surface area contributed by atoms with Crippen molar-refractivity contribution in [2.45, 2.75) is 43.6 Å². The average Bonchev–Trinajstić information content (AvgIpc) is 3.52. The number of benzene rings is 2. The van der Waals surface area contributed by atoms with Gasteiger partial charge in [-0.3, -0.25) is 4.79 Å². The summed E-state index contributed by atoms with van der Waals surface area (Å²) in [6.07, 6.45) is 0.0206. The monoisotopic (exact) mass is 477 g/mol. The predicted molar refractivity (Wildman–Crippen MR) is 122 cm³/mol. The van der Waals surface area contributed by atoms with Gasteiger partial charge in [0.2, 0.25) is 15.9 Å². The van der Waals surface area contributed by atoms with Crippen molar-refractivity contribution in [2.24, 2.45) is 5.92 Å². The van der Waals surface area contributed by atoms with Crippen molar-refractivity contribution in [3.05, 3.63) is 59.9 Å². The van der Waals surface area contributed by atoms with Gasteiger partial charge in [-0.25, -0.2) is 22.3 Å². The maximum atomic E-state index is 13.1. The van der Waals surface area contributed by atoms with Gasteiger partial charge in [0.05, 0.1) is 4.90 Å². The Balaban J connectivity index is 1.51. The highest BCUT2D eigenvalue weighted by Crippen LogP contribution is 2.48. The molecule has 0 saturated heterocycles. The lowest BCUT2D eigenvalue weighted by Crippen LogP contribution is -2.37. The number of rotatable bonds is 8. The van der Waals surface area contributed by atoms with Crippen molar-refractivity contribution in [1.82, 2.24) is 10.0 Å². The van der Waals surface area contributed by atoms with Gasteiger partial charge in [0.1, 0.15) is 11.4 Å². The topological polar surface area (TPSA) is 114 Å². The van der Waals surface area contributed by atoms with Crippen LogP contribution in [0, 0.1) is 11.7 Å². The molecule has 2 unspecified atom stereocenters. The van der Waals surface area contributed by atoms with Gasteiger partial charge in [0.25, 0.3) is 0 Å². The lowest BCUT2D eigenvalue weighted by Gasteiger charge is -2.19. The average molecular weight is 478 g/mol. The van der Waals surface area contributed by atoms with Crippen molar-refractivity contribution in [1.29, 1.82) is 0 Å². The van der Waals surface area contributed by atoms with Crippen LogP contribution in [0.2, 0.25) is 0 Å². The molecular weight excluding hydrogens is 449 g/mol. The minimum absolute atomic E-state index is 0.0107. The van der Waals surface area contributed by atoms with Gasteiger partial charge in [0, 0.05) is 24.7 Å². The Morgan fingerprint density at radius 3 is 2.45 bits per heavy atom. The molecule has 2 aromatic rings. The van der Waals surface area contributed by atoms with Crippen LogP contribution in [0.1, 0.15) is 38.7 Å². The summed E-state index contributed by atoms with van der Waals surface area (Å²) >= 11 is 0. The molecule has 3 rings (SSSR count). The van der Waals surface area contributed by atoms with Crippen molar-refractivity contribution in [3.8, 4) is 0 Å². The molecule has 1 fully saturated rings. The van der Waals surface area contributed by atoms with Gasteiger partial charge in [-0.2, -0.15) is 0 Å². The Kier molecular flexibility index (Phi) is 7.38. The number of carbonyl (C=O) groups is 2. The van der Waals surface area contributed by atoms with E-state index in [0.29, 0.717) is 12.1 Å². The number of hydrogen-bond acceptors (Lipinski definition) is 5. The Hall–Kier alpha value is -2.98. The normalized spacial score (nSPS) is 17.8. The molecule has 8 nitrogen and oxygen atoms in total.